The van der Waals surface area contributed by atoms with E-state index < -0.39 is 0 Å². The van der Waals surface area contributed by atoms with Crippen molar-refractivity contribution < 1.29 is 9.90 Å². The predicted molar refractivity (Wildman–Crippen MR) is 108 cm³/mol. The van der Waals surface area contributed by atoms with Gasteiger partial charge >= 0.3 is 0 Å². The summed E-state index contributed by atoms with van der Waals surface area (Å²) in [6.45, 7) is 4.55. The molecule has 4 N–H and O–H groups in total. The number of carbonyl (C=O) groups is 1. The first kappa shape index (κ1) is 21.8. The van der Waals surface area contributed by atoms with Gasteiger partial charge in [-0.3, -0.25) is 9.79 Å². The summed E-state index contributed by atoms with van der Waals surface area (Å²) in [6.07, 6.45) is 2.05. The van der Waals surface area contributed by atoms with Gasteiger partial charge in [0.25, 0.3) is 5.91 Å². The van der Waals surface area contributed by atoms with Gasteiger partial charge in [0, 0.05) is 25.4 Å². The molecule has 0 unspecified atom stereocenters. The van der Waals surface area contributed by atoms with Gasteiger partial charge in [-0.05, 0) is 25.3 Å². The van der Waals surface area contributed by atoms with Crippen molar-refractivity contribution in [1.82, 2.24) is 16.0 Å². The van der Waals surface area contributed by atoms with Crippen molar-refractivity contribution in [2.75, 3.05) is 38.2 Å². The summed E-state index contributed by atoms with van der Waals surface area (Å²) in [5, 5.41) is 18.7. The molecule has 0 aromatic heterocycles. The van der Waals surface area contributed by atoms with Crippen LogP contribution in [-0.2, 0) is 0 Å². The highest BCUT2D eigenvalue weighted by Crippen LogP contribution is 2.14. The van der Waals surface area contributed by atoms with Gasteiger partial charge in [-0.25, -0.2) is 0 Å². The second-order valence-corrected chi connectivity index (χ2v) is 5.44. The van der Waals surface area contributed by atoms with Crippen LogP contribution < -0.4 is 16.0 Å². The number of amides is 1. The number of aliphatic imine (C=N–C) groups is 1. The Balaban J connectivity index is 0.00000484. The smallest absolute Gasteiger partial charge is 0.255 e. The molecule has 1 rings (SSSR count). The Morgan fingerprint density at radius 1 is 1.22 bits per heavy atom. The molecule has 1 aromatic rings. The highest BCUT2D eigenvalue weighted by molar-refractivity contribution is 14.0. The van der Waals surface area contributed by atoms with Crippen molar-refractivity contribution in [3.8, 4) is 5.75 Å². The van der Waals surface area contributed by atoms with Gasteiger partial charge < -0.3 is 21.1 Å². The fourth-order valence-electron chi connectivity index (χ4n) is 1.71. The SMILES string of the molecule is CCNC(=NCCSC)NCCNC(=O)c1ccccc1O.I. The Morgan fingerprint density at radius 3 is 2.57 bits per heavy atom. The number of phenols is 1. The van der Waals surface area contributed by atoms with E-state index in [4.69, 9.17) is 0 Å². The average molecular weight is 452 g/mol. The maximum Gasteiger partial charge on any atom is 0.255 e. The van der Waals surface area contributed by atoms with Crippen LogP contribution >= 0.6 is 35.7 Å². The number of hydrogen-bond donors (Lipinski definition) is 4. The fraction of sp³-hybridized carbons (Fsp3) is 0.467. The second-order valence-electron chi connectivity index (χ2n) is 4.45. The molecule has 0 saturated carbocycles. The van der Waals surface area contributed by atoms with E-state index in [1.54, 1.807) is 30.0 Å². The molecular weight excluding hydrogens is 427 g/mol. The Hall–Kier alpha value is -1.16. The zero-order valence-electron chi connectivity index (χ0n) is 13.5. The number of phenolic OH excluding ortho intramolecular Hbond substituents is 1. The number of aromatic hydroxyl groups is 1. The molecule has 1 aromatic carbocycles. The average Bonchev–Trinajstić information content (AvgIpc) is 2.52. The zero-order chi connectivity index (χ0) is 16.2. The van der Waals surface area contributed by atoms with Gasteiger partial charge in [0.15, 0.2) is 5.96 Å². The van der Waals surface area contributed by atoms with Gasteiger partial charge in [0.05, 0.1) is 12.1 Å². The first-order valence-corrected chi connectivity index (χ1v) is 8.65. The van der Waals surface area contributed by atoms with Gasteiger partial charge in [-0.1, -0.05) is 12.1 Å². The lowest BCUT2D eigenvalue weighted by molar-refractivity contribution is 0.0951. The lowest BCUT2D eigenvalue weighted by Crippen LogP contribution is -2.41. The number of nitrogens with one attached hydrogen (secondary N) is 3. The van der Waals surface area contributed by atoms with Crippen LogP contribution in [-0.4, -0.2) is 55.2 Å². The summed E-state index contributed by atoms with van der Waals surface area (Å²) in [7, 11) is 0. The predicted octanol–water partition coefficient (Wildman–Crippen LogP) is 1.66. The van der Waals surface area contributed by atoms with E-state index >= 15 is 0 Å². The summed E-state index contributed by atoms with van der Waals surface area (Å²) >= 11 is 1.75. The van der Waals surface area contributed by atoms with Gasteiger partial charge in [0.2, 0.25) is 0 Å². The van der Waals surface area contributed by atoms with Crippen LogP contribution in [0, 0.1) is 0 Å². The van der Waals surface area contributed by atoms with E-state index in [0.717, 1.165) is 24.8 Å². The molecule has 0 saturated heterocycles. The third-order valence-corrected chi connectivity index (χ3v) is 3.35. The van der Waals surface area contributed by atoms with Crippen LogP contribution in [0.3, 0.4) is 0 Å². The van der Waals surface area contributed by atoms with Gasteiger partial charge in [-0.2, -0.15) is 11.8 Å². The molecule has 0 radical (unpaired) electrons. The van der Waals surface area contributed by atoms with Crippen LogP contribution in [0.1, 0.15) is 17.3 Å². The Bertz CT molecular complexity index is 500. The van der Waals surface area contributed by atoms with Gasteiger partial charge in [-0.15, -0.1) is 24.0 Å². The quantitative estimate of drug-likeness (QED) is 0.209. The zero-order valence-corrected chi connectivity index (χ0v) is 16.6. The molecule has 0 heterocycles. The van der Waals surface area contributed by atoms with Crippen LogP contribution in [0.25, 0.3) is 0 Å². The maximum absolute atomic E-state index is 11.9. The fourth-order valence-corrected chi connectivity index (χ4v) is 1.98. The van der Waals surface area contributed by atoms with E-state index in [1.165, 1.54) is 6.07 Å². The highest BCUT2D eigenvalue weighted by Gasteiger charge is 2.08. The number of hydrogen-bond acceptors (Lipinski definition) is 4. The normalized spacial score (nSPS) is 10.6. The summed E-state index contributed by atoms with van der Waals surface area (Å²) in [5.41, 5.74) is 0.281. The molecule has 8 heteroatoms. The highest BCUT2D eigenvalue weighted by atomic mass is 127. The van der Waals surface area contributed by atoms with E-state index in [2.05, 4.69) is 20.9 Å². The summed E-state index contributed by atoms with van der Waals surface area (Å²) in [4.78, 5) is 16.3. The lowest BCUT2D eigenvalue weighted by Gasteiger charge is -2.12. The first-order chi connectivity index (χ1) is 10.7. The van der Waals surface area contributed by atoms with Crippen LogP contribution in [0.15, 0.2) is 29.3 Å². The number of halogens is 1. The number of para-hydroxylation sites is 1. The number of guanidine groups is 1. The monoisotopic (exact) mass is 452 g/mol. The molecule has 0 bridgehead atoms. The van der Waals surface area contributed by atoms with E-state index in [-0.39, 0.29) is 41.2 Å². The second kappa shape index (κ2) is 13.3. The molecule has 130 valence electrons. The van der Waals surface area contributed by atoms with Crippen molar-refractivity contribution in [3.05, 3.63) is 29.8 Å². The largest absolute Gasteiger partial charge is 0.507 e. The Morgan fingerprint density at radius 2 is 1.91 bits per heavy atom. The minimum absolute atomic E-state index is 0. The van der Waals surface area contributed by atoms with Crippen LogP contribution in [0.4, 0.5) is 0 Å². The third kappa shape index (κ3) is 8.89. The molecule has 0 atom stereocenters. The molecule has 0 aliphatic carbocycles. The minimum Gasteiger partial charge on any atom is -0.507 e. The molecule has 6 nitrogen and oxygen atoms in total. The number of carbonyl (C=O) groups excluding carboxylic acids is 1. The summed E-state index contributed by atoms with van der Waals surface area (Å²) < 4.78 is 0. The molecular formula is C15H25IN4O2S. The molecule has 1 amide bonds. The van der Waals surface area contributed by atoms with Crippen molar-refractivity contribution in [3.63, 3.8) is 0 Å². The maximum atomic E-state index is 11.9. The number of thioether (sulfide) groups is 1. The topological polar surface area (TPSA) is 85.8 Å². The van der Waals surface area contributed by atoms with Crippen LogP contribution in [0.2, 0.25) is 0 Å². The summed E-state index contributed by atoms with van der Waals surface area (Å²) in [6, 6.07) is 6.48. The van der Waals surface area contributed by atoms with Crippen molar-refractivity contribution >= 4 is 47.6 Å². The molecule has 0 aliphatic rings. The first-order valence-electron chi connectivity index (χ1n) is 7.26. The number of rotatable bonds is 8. The van der Waals surface area contributed by atoms with Crippen molar-refractivity contribution in [1.29, 1.82) is 0 Å². The van der Waals surface area contributed by atoms with E-state index in [1.807, 2.05) is 13.2 Å². The Kier molecular flexibility index (Phi) is 12.6. The molecule has 0 spiro atoms. The molecule has 23 heavy (non-hydrogen) atoms. The van der Waals surface area contributed by atoms with E-state index in [0.29, 0.717) is 13.1 Å². The van der Waals surface area contributed by atoms with Gasteiger partial charge in [0.1, 0.15) is 5.75 Å². The third-order valence-electron chi connectivity index (χ3n) is 2.76. The Labute approximate surface area is 158 Å². The minimum atomic E-state index is -0.288. The van der Waals surface area contributed by atoms with Crippen molar-refractivity contribution in [2.45, 2.75) is 6.92 Å². The summed E-state index contributed by atoms with van der Waals surface area (Å²) in [5.74, 6) is 1.41. The number of benzene rings is 1. The van der Waals surface area contributed by atoms with Crippen molar-refractivity contribution in [2.24, 2.45) is 4.99 Å². The standard InChI is InChI=1S/C15H24N4O2S.HI/c1-3-16-15(19-10-11-22-2)18-9-8-17-14(21)12-6-4-5-7-13(12)20;/h4-7,20H,3,8-11H2,1-2H3,(H,17,21)(H2,16,18,19);1H. The number of nitrogens with zero attached hydrogens (tertiary/aromatic N) is 1. The molecule has 0 aliphatic heterocycles. The van der Waals surface area contributed by atoms with Crippen LogP contribution in [0.5, 0.6) is 5.75 Å². The lowest BCUT2D eigenvalue weighted by atomic mass is 10.2. The van der Waals surface area contributed by atoms with E-state index in [9.17, 15) is 9.90 Å². The molecule has 0 fully saturated rings.